The van der Waals surface area contributed by atoms with Gasteiger partial charge in [0.05, 0.1) is 16.7 Å². The SMILES string of the molecule is CC(C)Cn1c(SCC(=O)N2C[C@H](C)C[C@@H](C)C2)nc2ccccc2c1=O. The zero-order valence-corrected chi connectivity index (χ0v) is 17.5. The molecule has 1 aromatic carbocycles. The molecule has 2 atom stereocenters. The molecule has 146 valence electrons. The van der Waals surface area contributed by atoms with E-state index < -0.39 is 0 Å². The zero-order valence-electron chi connectivity index (χ0n) is 16.6. The van der Waals surface area contributed by atoms with E-state index in [1.807, 2.05) is 29.2 Å². The third-order valence-electron chi connectivity index (χ3n) is 4.92. The van der Waals surface area contributed by atoms with Crippen LogP contribution in [-0.4, -0.2) is 39.2 Å². The minimum absolute atomic E-state index is 0.0236. The third-order valence-corrected chi connectivity index (χ3v) is 5.88. The number of carbonyl (C=O) groups excluding carboxylic acids is 1. The fourth-order valence-electron chi connectivity index (χ4n) is 3.87. The molecule has 2 aromatic rings. The molecule has 0 bridgehead atoms. The lowest BCUT2D eigenvalue weighted by atomic mass is 9.92. The fraction of sp³-hybridized carbons (Fsp3) is 0.571. The molecule has 0 radical (unpaired) electrons. The molecule has 0 saturated carbocycles. The maximum absolute atomic E-state index is 12.9. The van der Waals surface area contributed by atoms with Gasteiger partial charge in [-0.15, -0.1) is 0 Å². The Kier molecular flexibility index (Phi) is 6.25. The molecule has 1 aromatic heterocycles. The lowest BCUT2D eigenvalue weighted by Gasteiger charge is -2.35. The van der Waals surface area contributed by atoms with Gasteiger partial charge >= 0.3 is 0 Å². The summed E-state index contributed by atoms with van der Waals surface area (Å²) in [5.41, 5.74) is 0.669. The molecule has 3 rings (SSSR count). The normalized spacial score (nSPS) is 20.4. The van der Waals surface area contributed by atoms with E-state index in [1.54, 1.807) is 4.57 Å². The molecule has 1 amide bonds. The van der Waals surface area contributed by atoms with Gasteiger partial charge < -0.3 is 4.90 Å². The van der Waals surface area contributed by atoms with Crippen molar-refractivity contribution >= 4 is 28.6 Å². The number of fused-ring (bicyclic) bond motifs is 1. The highest BCUT2D eigenvalue weighted by Gasteiger charge is 2.25. The van der Waals surface area contributed by atoms with Gasteiger partial charge in [-0.1, -0.05) is 51.6 Å². The highest BCUT2D eigenvalue weighted by molar-refractivity contribution is 7.99. The Morgan fingerprint density at radius 3 is 2.56 bits per heavy atom. The first-order valence-electron chi connectivity index (χ1n) is 9.75. The lowest BCUT2D eigenvalue weighted by molar-refractivity contribution is -0.130. The van der Waals surface area contributed by atoms with Gasteiger partial charge in [0.2, 0.25) is 5.91 Å². The molecule has 2 heterocycles. The Morgan fingerprint density at radius 1 is 1.22 bits per heavy atom. The molecule has 1 aliphatic heterocycles. The number of thioether (sulfide) groups is 1. The van der Waals surface area contributed by atoms with Crippen molar-refractivity contribution in [2.45, 2.75) is 45.8 Å². The van der Waals surface area contributed by atoms with Gasteiger partial charge in [-0.05, 0) is 36.3 Å². The van der Waals surface area contributed by atoms with Crippen LogP contribution in [0.25, 0.3) is 10.9 Å². The fourth-order valence-corrected chi connectivity index (χ4v) is 4.78. The van der Waals surface area contributed by atoms with Crippen LogP contribution in [0.5, 0.6) is 0 Å². The summed E-state index contributed by atoms with van der Waals surface area (Å²) in [4.78, 5) is 32.3. The van der Waals surface area contributed by atoms with Crippen molar-refractivity contribution in [1.29, 1.82) is 0 Å². The molecule has 0 N–H and O–H groups in total. The molecule has 1 saturated heterocycles. The number of likely N-dealkylation sites (tertiary alicyclic amines) is 1. The van der Waals surface area contributed by atoms with E-state index in [-0.39, 0.29) is 11.5 Å². The molecule has 27 heavy (non-hydrogen) atoms. The van der Waals surface area contributed by atoms with Gasteiger partial charge in [-0.25, -0.2) is 4.98 Å². The Hall–Kier alpha value is -1.82. The number of aromatic nitrogens is 2. The number of benzene rings is 1. The van der Waals surface area contributed by atoms with E-state index in [0.717, 1.165) is 13.1 Å². The van der Waals surface area contributed by atoms with Gasteiger partial charge in [0.1, 0.15) is 0 Å². The van der Waals surface area contributed by atoms with Crippen LogP contribution in [0.2, 0.25) is 0 Å². The summed E-state index contributed by atoms with van der Waals surface area (Å²) in [5.74, 6) is 1.87. The number of carbonyl (C=O) groups is 1. The monoisotopic (exact) mass is 387 g/mol. The number of nitrogens with zero attached hydrogens (tertiary/aromatic N) is 3. The number of amides is 1. The molecule has 5 nitrogen and oxygen atoms in total. The molecular weight excluding hydrogens is 358 g/mol. The highest BCUT2D eigenvalue weighted by Crippen LogP contribution is 2.23. The minimum atomic E-state index is -0.0236. The number of para-hydroxylation sites is 1. The average Bonchev–Trinajstić information content (AvgIpc) is 2.61. The summed E-state index contributed by atoms with van der Waals surface area (Å²) in [5, 5.41) is 1.27. The van der Waals surface area contributed by atoms with E-state index in [2.05, 4.69) is 27.7 Å². The molecule has 6 heteroatoms. The van der Waals surface area contributed by atoms with Crippen molar-refractivity contribution in [3.8, 4) is 0 Å². The second-order valence-electron chi connectivity index (χ2n) is 8.25. The zero-order chi connectivity index (χ0) is 19.6. The molecule has 1 fully saturated rings. The van der Waals surface area contributed by atoms with Crippen molar-refractivity contribution in [2.24, 2.45) is 17.8 Å². The number of piperidine rings is 1. The second kappa shape index (κ2) is 8.46. The van der Waals surface area contributed by atoms with Crippen LogP contribution in [0, 0.1) is 17.8 Å². The van der Waals surface area contributed by atoms with E-state index in [1.165, 1.54) is 18.2 Å². The topological polar surface area (TPSA) is 55.2 Å². The summed E-state index contributed by atoms with van der Waals surface area (Å²) in [6.45, 7) is 10.8. The van der Waals surface area contributed by atoms with Gasteiger partial charge in [0, 0.05) is 19.6 Å². The summed E-state index contributed by atoms with van der Waals surface area (Å²) < 4.78 is 1.73. The summed E-state index contributed by atoms with van der Waals surface area (Å²) in [6.07, 6.45) is 1.18. The van der Waals surface area contributed by atoms with Crippen molar-refractivity contribution < 1.29 is 4.79 Å². The molecule has 0 spiro atoms. The minimum Gasteiger partial charge on any atom is -0.341 e. The smallest absolute Gasteiger partial charge is 0.262 e. The second-order valence-corrected chi connectivity index (χ2v) is 9.20. The predicted octanol–water partition coefficient (Wildman–Crippen LogP) is 3.65. The van der Waals surface area contributed by atoms with Gasteiger partial charge in [0.25, 0.3) is 5.56 Å². The van der Waals surface area contributed by atoms with Crippen LogP contribution >= 0.6 is 11.8 Å². The Bertz CT molecular complexity index is 867. The maximum atomic E-state index is 12.9. The molecule has 0 aliphatic carbocycles. The van der Waals surface area contributed by atoms with Crippen molar-refractivity contribution in [3.05, 3.63) is 34.6 Å². The van der Waals surface area contributed by atoms with Gasteiger partial charge in [0.15, 0.2) is 5.16 Å². The molecular formula is C21H29N3O2S. The van der Waals surface area contributed by atoms with Crippen LogP contribution in [0.1, 0.15) is 34.1 Å². The first-order valence-corrected chi connectivity index (χ1v) is 10.7. The number of hydrogen-bond acceptors (Lipinski definition) is 4. The Morgan fingerprint density at radius 2 is 1.89 bits per heavy atom. The van der Waals surface area contributed by atoms with Crippen LogP contribution < -0.4 is 5.56 Å². The number of rotatable bonds is 5. The van der Waals surface area contributed by atoms with Crippen LogP contribution in [-0.2, 0) is 11.3 Å². The predicted molar refractivity (Wildman–Crippen MR) is 111 cm³/mol. The average molecular weight is 388 g/mol. The van der Waals surface area contributed by atoms with Crippen molar-refractivity contribution in [1.82, 2.24) is 14.5 Å². The Balaban J connectivity index is 1.83. The first kappa shape index (κ1) is 19.9. The maximum Gasteiger partial charge on any atom is 0.262 e. The molecule has 1 aliphatic rings. The highest BCUT2D eigenvalue weighted by atomic mass is 32.2. The van der Waals surface area contributed by atoms with E-state index in [4.69, 9.17) is 4.98 Å². The van der Waals surface area contributed by atoms with Crippen molar-refractivity contribution in [3.63, 3.8) is 0 Å². The quantitative estimate of drug-likeness (QED) is 0.580. The largest absolute Gasteiger partial charge is 0.341 e. The van der Waals surface area contributed by atoms with Crippen LogP contribution in [0.4, 0.5) is 0 Å². The van der Waals surface area contributed by atoms with Crippen molar-refractivity contribution in [2.75, 3.05) is 18.8 Å². The van der Waals surface area contributed by atoms with E-state index in [0.29, 0.717) is 46.1 Å². The third kappa shape index (κ3) is 4.72. The van der Waals surface area contributed by atoms with E-state index in [9.17, 15) is 9.59 Å². The Labute approximate surface area is 165 Å². The first-order chi connectivity index (χ1) is 12.8. The lowest BCUT2D eigenvalue weighted by Crippen LogP contribution is -2.43. The summed E-state index contributed by atoms with van der Waals surface area (Å²) >= 11 is 1.38. The standard InChI is InChI=1S/C21H29N3O2S/c1-14(2)10-24-20(26)17-7-5-6-8-18(17)22-21(24)27-13-19(25)23-11-15(3)9-16(4)12-23/h5-8,14-16H,9-13H2,1-4H3/t15-,16-/m1/s1. The molecule has 0 unspecified atom stereocenters. The van der Waals surface area contributed by atoms with E-state index >= 15 is 0 Å². The van der Waals surface area contributed by atoms with Crippen LogP contribution in [0.3, 0.4) is 0 Å². The van der Waals surface area contributed by atoms with Gasteiger partial charge in [-0.3, -0.25) is 14.2 Å². The van der Waals surface area contributed by atoms with Crippen LogP contribution in [0.15, 0.2) is 34.2 Å². The summed E-state index contributed by atoms with van der Waals surface area (Å²) in [6, 6.07) is 7.42. The number of hydrogen-bond donors (Lipinski definition) is 0. The summed E-state index contributed by atoms with van der Waals surface area (Å²) in [7, 11) is 0. The van der Waals surface area contributed by atoms with Gasteiger partial charge in [-0.2, -0.15) is 0 Å².